The molecule has 15 heavy (non-hydrogen) atoms. The van der Waals surface area contributed by atoms with Gasteiger partial charge in [-0.15, -0.1) is 0 Å². The van der Waals surface area contributed by atoms with Crippen molar-refractivity contribution >= 4 is 0 Å². The van der Waals surface area contributed by atoms with Crippen LogP contribution in [0.5, 0.6) is 0 Å². The molecule has 1 aliphatic rings. The Hall–Kier alpha value is -0.160. The van der Waals surface area contributed by atoms with Crippen molar-refractivity contribution in [3.63, 3.8) is 0 Å². The van der Waals surface area contributed by atoms with E-state index < -0.39 is 0 Å². The monoisotopic (exact) mass is 216 g/mol. The topological polar surface area (TPSA) is 47.7 Å². The zero-order valence-electron chi connectivity index (χ0n) is 9.78. The van der Waals surface area contributed by atoms with E-state index in [1.807, 2.05) is 0 Å². The lowest BCUT2D eigenvalue weighted by Crippen LogP contribution is -2.33. The Balaban J connectivity index is 1.98. The number of likely N-dealkylation sites (N-methyl/N-ethyl adjacent to an activating group) is 1. The summed E-state index contributed by atoms with van der Waals surface area (Å²) >= 11 is 0. The van der Waals surface area contributed by atoms with Crippen LogP contribution in [0.25, 0.3) is 0 Å². The number of ether oxygens (including phenoxy) is 2. The first kappa shape index (κ1) is 12.9. The maximum atomic E-state index is 5.45. The predicted octanol–water partition coefficient (Wildman–Crippen LogP) is 0.320. The molecule has 0 radical (unpaired) electrons. The van der Waals surface area contributed by atoms with Crippen LogP contribution in [0, 0.1) is 5.92 Å². The molecular formula is C11H24N2O2. The molecule has 1 aliphatic heterocycles. The van der Waals surface area contributed by atoms with Gasteiger partial charge in [0, 0.05) is 26.2 Å². The van der Waals surface area contributed by atoms with E-state index in [1.54, 1.807) is 0 Å². The fraction of sp³-hybridized carbons (Fsp3) is 1.00. The summed E-state index contributed by atoms with van der Waals surface area (Å²) in [7, 11) is 2.14. The van der Waals surface area contributed by atoms with E-state index in [0.717, 1.165) is 32.9 Å². The minimum Gasteiger partial charge on any atom is -0.381 e. The maximum Gasteiger partial charge on any atom is 0.0593 e. The Bertz CT molecular complexity index is 150. The van der Waals surface area contributed by atoms with Gasteiger partial charge < -0.3 is 20.1 Å². The normalized spacial score (nSPS) is 22.2. The average Bonchev–Trinajstić information content (AvgIpc) is 2.26. The van der Waals surface area contributed by atoms with Gasteiger partial charge in [-0.25, -0.2) is 0 Å². The molecule has 0 spiro atoms. The van der Waals surface area contributed by atoms with E-state index in [1.165, 1.54) is 12.8 Å². The van der Waals surface area contributed by atoms with Crippen molar-refractivity contribution < 1.29 is 9.47 Å². The molecule has 0 aromatic carbocycles. The van der Waals surface area contributed by atoms with Crippen LogP contribution in [-0.2, 0) is 9.47 Å². The first-order chi connectivity index (χ1) is 7.33. The number of nitrogens with two attached hydrogens (primary N) is 1. The molecular weight excluding hydrogens is 192 g/mol. The van der Waals surface area contributed by atoms with Crippen LogP contribution in [0.15, 0.2) is 0 Å². The number of nitrogens with zero attached hydrogens (tertiary/aromatic N) is 1. The van der Waals surface area contributed by atoms with Crippen LogP contribution < -0.4 is 5.73 Å². The number of hydrogen-bond acceptors (Lipinski definition) is 4. The first-order valence-electron chi connectivity index (χ1n) is 5.87. The summed E-state index contributed by atoms with van der Waals surface area (Å²) in [6.07, 6.45) is 2.51. The summed E-state index contributed by atoms with van der Waals surface area (Å²) < 4.78 is 10.8. The Morgan fingerprint density at radius 2 is 2.33 bits per heavy atom. The summed E-state index contributed by atoms with van der Waals surface area (Å²) in [5, 5.41) is 0. The highest BCUT2D eigenvalue weighted by Crippen LogP contribution is 2.13. The third-order valence-electron chi connectivity index (χ3n) is 2.70. The van der Waals surface area contributed by atoms with Gasteiger partial charge in [0.25, 0.3) is 0 Å². The third-order valence-corrected chi connectivity index (χ3v) is 2.70. The summed E-state index contributed by atoms with van der Waals surface area (Å²) in [5.41, 5.74) is 5.34. The largest absolute Gasteiger partial charge is 0.381 e. The maximum absolute atomic E-state index is 5.45. The van der Waals surface area contributed by atoms with Crippen molar-refractivity contribution in [2.24, 2.45) is 11.7 Å². The quantitative estimate of drug-likeness (QED) is 0.623. The highest BCUT2D eigenvalue weighted by molar-refractivity contribution is 4.66. The third kappa shape index (κ3) is 6.10. The molecule has 0 aliphatic carbocycles. The second kappa shape index (κ2) is 8.05. The Morgan fingerprint density at radius 1 is 1.47 bits per heavy atom. The van der Waals surface area contributed by atoms with Crippen molar-refractivity contribution in [2.75, 3.05) is 53.1 Å². The molecule has 1 atom stereocenters. The second-order valence-corrected chi connectivity index (χ2v) is 4.25. The average molecular weight is 216 g/mol. The summed E-state index contributed by atoms with van der Waals surface area (Å²) in [5.74, 6) is 0.707. The molecule has 1 fully saturated rings. The van der Waals surface area contributed by atoms with Gasteiger partial charge >= 0.3 is 0 Å². The van der Waals surface area contributed by atoms with Crippen molar-refractivity contribution in [1.82, 2.24) is 4.90 Å². The van der Waals surface area contributed by atoms with Crippen molar-refractivity contribution in [3.05, 3.63) is 0 Å². The first-order valence-corrected chi connectivity index (χ1v) is 5.87. The Labute approximate surface area is 92.7 Å². The standard InChI is InChI=1S/C11H24N2O2/c1-13(5-8-14-7-4-12)9-11-3-2-6-15-10-11/h11H,2-10,12H2,1H3. The fourth-order valence-electron chi connectivity index (χ4n) is 1.89. The lowest BCUT2D eigenvalue weighted by atomic mass is 10.0. The van der Waals surface area contributed by atoms with Crippen LogP contribution in [0.2, 0.25) is 0 Å². The number of hydrogen-bond donors (Lipinski definition) is 1. The van der Waals surface area contributed by atoms with Gasteiger partial charge in [-0.3, -0.25) is 0 Å². The lowest BCUT2D eigenvalue weighted by Gasteiger charge is -2.26. The summed E-state index contributed by atoms with van der Waals surface area (Å²) in [4.78, 5) is 2.32. The Morgan fingerprint density at radius 3 is 3.00 bits per heavy atom. The van der Waals surface area contributed by atoms with Crippen molar-refractivity contribution in [1.29, 1.82) is 0 Å². The van der Waals surface area contributed by atoms with Gasteiger partial charge in [-0.05, 0) is 25.8 Å². The molecule has 4 heteroatoms. The summed E-state index contributed by atoms with van der Waals surface area (Å²) in [6.45, 7) is 6.03. The van der Waals surface area contributed by atoms with Crippen molar-refractivity contribution in [2.45, 2.75) is 12.8 Å². The lowest BCUT2D eigenvalue weighted by molar-refractivity contribution is 0.0367. The molecule has 0 aromatic heterocycles. The zero-order chi connectivity index (χ0) is 10.9. The SMILES string of the molecule is CN(CCOCCN)CC1CCCOC1. The number of rotatable bonds is 7. The fourth-order valence-corrected chi connectivity index (χ4v) is 1.89. The molecule has 0 aromatic rings. The van der Waals surface area contributed by atoms with E-state index in [0.29, 0.717) is 19.1 Å². The van der Waals surface area contributed by atoms with Crippen LogP contribution in [0.3, 0.4) is 0 Å². The molecule has 1 saturated heterocycles. The van der Waals surface area contributed by atoms with E-state index in [4.69, 9.17) is 15.2 Å². The second-order valence-electron chi connectivity index (χ2n) is 4.25. The molecule has 0 amide bonds. The molecule has 1 heterocycles. The molecule has 1 unspecified atom stereocenters. The van der Waals surface area contributed by atoms with Gasteiger partial charge in [0.2, 0.25) is 0 Å². The highest BCUT2D eigenvalue weighted by atomic mass is 16.5. The molecule has 90 valence electrons. The van der Waals surface area contributed by atoms with Crippen LogP contribution in [-0.4, -0.2) is 58.0 Å². The van der Waals surface area contributed by atoms with Crippen LogP contribution in [0.1, 0.15) is 12.8 Å². The smallest absolute Gasteiger partial charge is 0.0593 e. The van der Waals surface area contributed by atoms with E-state index in [9.17, 15) is 0 Å². The van der Waals surface area contributed by atoms with Gasteiger partial charge in [-0.1, -0.05) is 0 Å². The molecule has 2 N–H and O–H groups in total. The highest BCUT2D eigenvalue weighted by Gasteiger charge is 2.15. The van der Waals surface area contributed by atoms with E-state index >= 15 is 0 Å². The van der Waals surface area contributed by atoms with Crippen LogP contribution in [0.4, 0.5) is 0 Å². The van der Waals surface area contributed by atoms with Gasteiger partial charge in [0.05, 0.1) is 19.8 Å². The summed E-state index contributed by atoms with van der Waals surface area (Å²) in [6, 6.07) is 0. The van der Waals surface area contributed by atoms with Crippen molar-refractivity contribution in [3.8, 4) is 0 Å². The van der Waals surface area contributed by atoms with E-state index in [2.05, 4.69) is 11.9 Å². The minimum atomic E-state index is 0.611. The molecule has 1 rings (SSSR count). The molecule has 4 nitrogen and oxygen atoms in total. The minimum absolute atomic E-state index is 0.611. The molecule has 0 saturated carbocycles. The molecule has 0 bridgehead atoms. The van der Waals surface area contributed by atoms with E-state index in [-0.39, 0.29) is 0 Å². The predicted molar refractivity (Wildman–Crippen MR) is 60.9 cm³/mol. The van der Waals surface area contributed by atoms with Gasteiger partial charge in [0.1, 0.15) is 0 Å². The Kier molecular flexibility index (Phi) is 6.92. The zero-order valence-corrected chi connectivity index (χ0v) is 9.78. The van der Waals surface area contributed by atoms with Gasteiger partial charge in [-0.2, -0.15) is 0 Å². The van der Waals surface area contributed by atoms with Crippen LogP contribution >= 0.6 is 0 Å². The van der Waals surface area contributed by atoms with Gasteiger partial charge in [0.15, 0.2) is 0 Å².